The predicted molar refractivity (Wildman–Crippen MR) is 276 cm³/mol. The first-order valence-electron chi connectivity index (χ1n) is 23.1. The van der Waals surface area contributed by atoms with E-state index in [1.807, 2.05) is 0 Å². The Hall–Kier alpha value is -8.20. The minimum Gasteiger partial charge on any atom is -0.310 e. The average molecular weight is 843 g/mol. The number of para-hydroxylation sites is 1. The topological polar surface area (TPSA) is 8.17 Å². The Morgan fingerprint density at radius 2 is 0.803 bits per heavy atom. The first-order chi connectivity index (χ1) is 32.5. The van der Waals surface area contributed by atoms with E-state index in [1.165, 1.54) is 88.6 Å². The van der Waals surface area contributed by atoms with Gasteiger partial charge in [0.05, 0.1) is 16.4 Å². The third kappa shape index (κ3) is 5.55. The Labute approximate surface area is 386 Å². The second kappa shape index (κ2) is 14.7. The van der Waals surface area contributed by atoms with Crippen molar-refractivity contribution >= 4 is 38.9 Å². The third-order valence-corrected chi connectivity index (χ3v) is 14.7. The van der Waals surface area contributed by atoms with E-state index in [0.717, 1.165) is 22.7 Å². The zero-order valence-electron chi connectivity index (χ0n) is 37.0. The highest BCUT2D eigenvalue weighted by Crippen LogP contribution is 2.57. The minimum atomic E-state index is -0.511. The van der Waals surface area contributed by atoms with Crippen LogP contribution >= 0.6 is 0 Å². The van der Waals surface area contributed by atoms with Gasteiger partial charge in [-0.3, -0.25) is 0 Å². The third-order valence-electron chi connectivity index (χ3n) is 14.7. The minimum absolute atomic E-state index is 0.138. The molecule has 10 aromatic carbocycles. The highest BCUT2D eigenvalue weighted by molar-refractivity contribution is 6.11. The fraction of sp³-hybridized carbons (Fsp3) is 0.0625. The maximum atomic E-state index is 2.50. The molecule has 0 fully saturated rings. The van der Waals surface area contributed by atoms with Crippen LogP contribution in [0.5, 0.6) is 0 Å². The summed E-state index contributed by atoms with van der Waals surface area (Å²) in [5, 5.41) is 2.42. The molecule has 2 aliphatic rings. The van der Waals surface area contributed by atoms with Gasteiger partial charge in [0, 0.05) is 38.9 Å². The van der Waals surface area contributed by atoms with E-state index >= 15 is 0 Å². The van der Waals surface area contributed by atoms with E-state index < -0.39 is 5.41 Å². The molecule has 0 unspecified atom stereocenters. The summed E-state index contributed by atoms with van der Waals surface area (Å²) >= 11 is 0. The Morgan fingerprint density at radius 1 is 0.333 bits per heavy atom. The lowest BCUT2D eigenvalue weighted by molar-refractivity contribution is 0.660. The van der Waals surface area contributed by atoms with Crippen LogP contribution in [0.15, 0.2) is 243 Å². The van der Waals surface area contributed by atoms with Crippen LogP contribution < -0.4 is 4.90 Å². The zero-order valence-corrected chi connectivity index (χ0v) is 37.0. The van der Waals surface area contributed by atoms with Gasteiger partial charge >= 0.3 is 0 Å². The van der Waals surface area contributed by atoms with Gasteiger partial charge in [0.2, 0.25) is 0 Å². The van der Waals surface area contributed by atoms with E-state index in [0.29, 0.717) is 0 Å². The molecule has 0 saturated carbocycles. The number of benzene rings is 10. The molecule has 1 heterocycles. The van der Waals surface area contributed by atoms with Gasteiger partial charge in [0.1, 0.15) is 0 Å². The second-order valence-corrected chi connectivity index (χ2v) is 18.5. The van der Waals surface area contributed by atoms with Gasteiger partial charge in [-0.2, -0.15) is 0 Å². The number of nitrogens with zero attached hydrogens (tertiary/aromatic N) is 2. The molecule has 2 nitrogen and oxygen atoms in total. The molecular formula is C64H46N2. The van der Waals surface area contributed by atoms with Crippen molar-refractivity contribution in [3.8, 4) is 39.1 Å². The Morgan fingerprint density at radius 3 is 1.47 bits per heavy atom. The van der Waals surface area contributed by atoms with Gasteiger partial charge < -0.3 is 9.47 Å². The van der Waals surface area contributed by atoms with Crippen molar-refractivity contribution in [1.82, 2.24) is 4.57 Å². The van der Waals surface area contributed by atoms with Crippen molar-refractivity contribution in [2.45, 2.75) is 24.7 Å². The fourth-order valence-electron chi connectivity index (χ4n) is 11.7. The van der Waals surface area contributed by atoms with Gasteiger partial charge in [-0.15, -0.1) is 0 Å². The molecule has 2 heteroatoms. The van der Waals surface area contributed by atoms with E-state index in [-0.39, 0.29) is 5.41 Å². The zero-order chi connectivity index (χ0) is 44.0. The molecule has 1 aromatic heterocycles. The number of hydrogen-bond donors (Lipinski definition) is 0. The first kappa shape index (κ1) is 38.3. The second-order valence-electron chi connectivity index (χ2n) is 18.5. The van der Waals surface area contributed by atoms with Gasteiger partial charge in [0.25, 0.3) is 0 Å². The Balaban J connectivity index is 1.07. The molecule has 0 amide bonds. The van der Waals surface area contributed by atoms with Gasteiger partial charge in [-0.25, -0.2) is 0 Å². The fourth-order valence-corrected chi connectivity index (χ4v) is 11.7. The first-order valence-corrected chi connectivity index (χ1v) is 23.1. The molecule has 0 spiro atoms. The van der Waals surface area contributed by atoms with Crippen molar-refractivity contribution in [1.29, 1.82) is 0 Å². The van der Waals surface area contributed by atoms with Crippen LogP contribution in [0, 0.1) is 0 Å². The standard InChI is InChI=1S/C64H46N2/c1-63(2)57-27-15-12-24-51(57)54-37-35-50(42-60(54)63)65(48-33-30-44(31-34-48)43-18-6-3-7-19-43)49-36-39-62-56(41-49)55-40-46(32-38-61(55)66(62)47-22-10-5-11-23-47)64(45-20-8-4-9-21-45)58-28-16-13-25-52(58)53-26-14-17-29-59(53)64/h3-42H,1-2H3. The summed E-state index contributed by atoms with van der Waals surface area (Å²) in [5.74, 6) is 0. The highest BCUT2D eigenvalue weighted by Gasteiger charge is 2.46. The summed E-state index contributed by atoms with van der Waals surface area (Å²) in [4.78, 5) is 2.46. The van der Waals surface area contributed by atoms with Crippen molar-refractivity contribution in [3.63, 3.8) is 0 Å². The molecule has 0 aliphatic heterocycles. The Kier molecular flexibility index (Phi) is 8.51. The number of fused-ring (bicyclic) bond motifs is 9. The van der Waals surface area contributed by atoms with Crippen LogP contribution in [0.2, 0.25) is 0 Å². The summed E-state index contributed by atoms with van der Waals surface area (Å²) in [6, 6.07) is 90.1. The van der Waals surface area contributed by atoms with Gasteiger partial charge in [-0.05, 0) is 133 Å². The lowest BCUT2D eigenvalue weighted by Crippen LogP contribution is -2.28. The number of anilines is 3. The van der Waals surface area contributed by atoms with Crippen LogP contribution in [0.4, 0.5) is 17.1 Å². The Bertz CT molecular complexity index is 3610. The average Bonchev–Trinajstić information content (AvgIpc) is 3.95. The van der Waals surface area contributed by atoms with Crippen LogP contribution in [-0.2, 0) is 10.8 Å². The molecule has 0 radical (unpaired) electrons. The summed E-state index contributed by atoms with van der Waals surface area (Å²) in [6.45, 7) is 4.73. The summed E-state index contributed by atoms with van der Waals surface area (Å²) in [5.41, 5.74) is 21.7. The lowest BCUT2D eigenvalue weighted by atomic mass is 9.67. The van der Waals surface area contributed by atoms with Crippen LogP contribution in [0.1, 0.15) is 47.2 Å². The van der Waals surface area contributed by atoms with Gasteiger partial charge in [0.15, 0.2) is 0 Å². The SMILES string of the molecule is CC1(C)c2ccccc2-c2ccc(N(c3ccc(-c4ccccc4)cc3)c3ccc4c(c3)c3cc(C5(c6ccccc6)c6ccccc6-c6ccccc65)ccc3n4-c3ccccc3)cc21. The molecule has 0 N–H and O–H groups in total. The monoisotopic (exact) mass is 842 g/mol. The van der Waals surface area contributed by atoms with E-state index in [1.54, 1.807) is 0 Å². The van der Waals surface area contributed by atoms with Crippen molar-refractivity contribution in [3.05, 3.63) is 276 Å². The molecule has 0 atom stereocenters. The number of rotatable bonds is 7. The molecule has 13 rings (SSSR count). The van der Waals surface area contributed by atoms with Crippen molar-refractivity contribution in [2.24, 2.45) is 0 Å². The molecule has 0 saturated heterocycles. The molecule has 2 aliphatic carbocycles. The smallest absolute Gasteiger partial charge is 0.0713 e. The van der Waals surface area contributed by atoms with Crippen LogP contribution in [0.25, 0.3) is 60.9 Å². The van der Waals surface area contributed by atoms with E-state index in [9.17, 15) is 0 Å². The van der Waals surface area contributed by atoms with Crippen molar-refractivity contribution < 1.29 is 0 Å². The molecule has 0 bridgehead atoms. The normalized spacial score (nSPS) is 13.8. The molecule has 11 aromatic rings. The predicted octanol–water partition coefficient (Wildman–Crippen LogP) is 16.6. The maximum absolute atomic E-state index is 2.50. The molecule has 66 heavy (non-hydrogen) atoms. The van der Waals surface area contributed by atoms with E-state index in [4.69, 9.17) is 0 Å². The molecular weight excluding hydrogens is 797 g/mol. The summed E-state index contributed by atoms with van der Waals surface area (Å²) < 4.78 is 2.44. The van der Waals surface area contributed by atoms with Gasteiger partial charge in [-0.1, -0.05) is 190 Å². The van der Waals surface area contributed by atoms with E-state index in [2.05, 4.69) is 266 Å². The highest BCUT2D eigenvalue weighted by atomic mass is 15.1. The van der Waals surface area contributed by atoms with Crippen LogP contribution in [-0.4, -0.2) is 4.57 Å². The quantitative estimate of drug-likeness (QED) is 0.155. The summed E-state index contributed by atoms with van der Waals surface area (Å²) in [6.07, 6.45) is 0. The van der Waals surface area contributed by atoms with Crippen LogP contribution in [0.3, 0.4) is 0 Å². The maximum Gasteiger partial charge on any atom is 0.0713 e. The largest absolute Gasteiger partial charge is 0.310 e. The van der Waals surface area contributed by atoms with Crippen molar-refractivity contribution in [2.75, 3.05) is 4.90 Å². The summed E-state index contributed by atoms with van der Waals surface area (Å²) in [7, 11) is 0. The number of aromatic nitrogens is 1. The lowest BCUT2D eigenvalue weighted by Gasteiger charge is -2.34. The number of hydrogen-bond acceptors (Lipinski definition) is 1. The molecule has 312 valence electrons.